The fourth-order valence-corrected chi connectivity index (χ4v) is 3.09. The largest absolute Gasteiger partial charge is 0.325 e. The first-order chi connectivity index (χ1) is 9.17. The van der Waals surface area contributed by atoms with Gasteiger partial charge in [0.05, 0.1) is 6.54 Å². The third-order valence-electron chi connectivity index (χ3n) is 4.13. The maximum absolute atomic E-state index is 12.1. The van der Waals surface area contributed by atoms with Gasteiger partial charge in [-0.25, -0.2) is 14.5 Å². The summed E-state index contributed by atoms with van der Waals surface area (Å²) in [6.45, 7) is 3.01. The van der Waals surface area contributed by atoms with Crippen molar-refractivity contribution in [1.29, 1.82) is 0 Å². The normalized spacial score (nSPS) is 21.4. The summed E-state index contributed by atoms with van der Waals surface area (Å²) in [5.41, 5.74) is -0.651. The van der Waals surface area contributed by atoms with Crippen LogP contribution in [0.15, 0.2) is 6.33 Å². The van der Waals surface area contributed by atoms with Gasteiger partial charge in [0.15, 0.2) is 0 Å². The van der Waals surface area contributed by atoms with Gasteiger partial charge in [0.2, 0.25) is 0 Å². The molecule has 0 bridgehead atoms. The third kappa shape index (κ3) is 1.72. The predicted octanol–water partition coefficient (Wildman–Crippen LogP) is 0.663. The van der Waals surface area contributed by atoms with Crippen LogP contribution in [0.25, 0.3) is 0 Å². The van der Waals surface area contributed by atoms with Crippen LogP contribution in [-0.4, -0.2) is 37.1 Å². The first-order valence-electron chi connectivity index (χ1n) is 6.67. The second kappa shape index (κ2) is 4.32. The maximum Gasteiger partial charge on any atom is 0.325 e. The van der Waals surface area contributed by atoms with Crippen molar-refractivity contribution < 1.29 is 9.59 Å². The van der Waals surface area contributed by atoms with Crippen LogP contribution in [0.3, 0.4) is 0 Å². The van der Waals surface area contributed by atoms with E-state index < -0.39 is 5.54 Å². The van der Waals surface area contributed by atoms with Crippen LogP contribution in [-0.2, 0) is 17.9 Å². The number of nitrogens with one attached hydrogen (secondary N) is 1. The molecule has 0 radical (unpaired) electrons. The molecule has 3 amide bonds. The highest BCUT2D eigenvalue weighted by Gasteiger charge is 2.54. The molecular formula is C12H17N5O2. The highest BCUT2D eigenvalue weighted by molar-refractivity contribution is 6.07. The molecule has 0 atom stereocenters. The van der Waals surface area contributed by atoms with E-state index in [0.717, 1.165) is 31.5 Å². The Bertz CT molecular complexity index is 518. The van der Waals surface area contributed by atoms with Gasteiger partial charge in [-0.1, -0.05) is 12.8 Å². The fourth-order valence-electron chi connectivity index (χ4n) is 3.09. The summed E-state index contributed by atoms with van der Waals surface area (Å²) in [4.78, 5) is 29.9. The number of nitrogens with zero attached hydrogens (tertiary/aromatic N) is 4. The lowest BCUT2D eigenvalue weighted by molar-refractivity contribution is -0.126. The van der Waals surface area contributed by atoms with Crippen molar-refractivity contribution in [1.82, 2.24) is 25.0 Å². The zero-order chi connectivity index (χ0) is 13.5. The summed E-state index contributed by atoms with van der Waals surface area (Å²) in [7, 11) is 0. The maximum atomic E-state index is 12.1. The molecule has 7 heteroatoms. The molecule has 102 valence electrons. The van der Waals surface area contributed by atoms with Gasteiger partial charge in [0.1, 0.15) is 17.7 Å². The van der Waals surface area contributed by atoms with Crippen LogP contribution in [0, 0.1) is 0 Å². The molecule has 1 N–H and O–H groups in total. The molecule has 1 aliphatic carbocycles. The summed E-state index contributed by atoms with van der Waals surface area (Å²) in [5, 5.41) is 6.54. The zero-order valence-corrected chi connectivity index (χ0v) is 10.9. The summed E-state index contributed by atoms with van der Waals surface area (Å²) in [6.07, 6.45) is 4.93. The van der Waals surface area contributed by atoms with Crippen molar-refractivity contribution >= 4 is 11.9 Å². The number of hydrogen-bond acceptors (Lipinski definition) is 4. The molecule has 1 saturated carbocycles. The average molecular weight is 263 g/mol. The van der Waals surface area contributed by atoms with E-state index in [-0.39, 0.29) is 11.9 Å². The number of amides is 3. The summed E-state index contributed by atoms with van der Waals surface area (Å²) in [6, 6.07) is -0.308. The van der Waals surface area contributed by atoms with Crippen LogP contribution in [0.2, 0.25) is 0 Å². The van der Waals surface area contributed by atoms with Crippen LogP contribution in [0.4, 0.5) is 4.79 Å². The second-order valence-electron chi connectivity index (χ2n) is 5.08. The molecular weight excluding hydrogens is 246 g/mol. The van der Waals surface area contributed by atoms with Gasteiger partial charge in [0.25, 0.3) is 5.91 Å². The van der Waals surface area contributed by atoms with Crippen molar-refractivity contribution in [3.05, 3.63) is 12.2 Å². The third-order valence-corrected chi connectivity index (χ3v) is 4.13. The highest BCUT2D eigenvalue weighted by atomic mass is 16.2. The topological polar surface area (TPSA) is 80.1 Å². The van der Waals surface area contributed by atoms with Crippen molar-refractivity contribution in [3.8, 4) is 0 Å². The van der Waals surface area contributed by atoms with Gasteiger partial charge in [0, 0.05) is 6.54 Å². The molecule has 1 aliphatic heterocycles. The fraction of sp³-hybridized carbons (Fsp3) is 0.667. The molecule has 0 unspecified atom stereocenters. The quantitative estimate of drug-likeness (QED) is 0.812. The van der Waals surface area contributed by atoms with Crippen molar-refractivity contribution in [2.24, 2.45) is 0 Å². The standard InChI is InChI=1S/C12H17N5O2/c1-2-17-9(13-8-14-17)7-16-11(19)15-10(18)12(16)5-3-4-6-12/h8H,2-7H2,1H3,(H,15,18,19). The first kappa shape index (κ1) is 12.1. The van der Waals surface area contributed by atoms with Crippen molar-refractivity contribution in [3.63, 3.8) is 0 Å². The number of carbonyl (C=O) groups excluding carboxylic acids is 2. The van der Waals surface area contributed by atoms with Crippen molar-refractivity contribution in [2.75, 3.05) is 0 Å². The lowest BCUT2D eigenvalue weighted by atomic mass is 9.96. The number of rotatable bonds is 3. The number of aryl methyl sites for hydroxylation is 1. The Morgan fingerprint density at radius 1 is 1.37 bits per heavy atom. The number of imide groups is 1. The Kier molecular flexibility index (Phi) is 2.76. The van der Waals surface area contributed by atoms with Crippen LogP contribution >= 0.6 is 0 Å². The molecule has 0 aromatic carbocycles. The zero-order valence-electron chi connectivity index (χ0n) is 10.9. The monoisotopic (exact) mass is 263 g/mol. The Balaban J connectivity index is 1.90. The Hall–Kier alpha value is -1.92. The number of aromatic nitrogens is 3. The van der Waals surface area contributed by atoms with E-state index in [9.17, 15) is 9.59 Å². The molecule has 2 heterocycles. The van der Waals surface area contributed by atoms with E-state index in [2.05, 4.69) is 15.4 Å². The SMILES string of the molecule is CCn1ncnc1CN1C(=O)NC(=O)C12CCCC2. The second-order valence-corrected chi connectivity index (χ2v) is 5.08. The molecule has 1 aromatic heterocycles. The molecule has 7 nitrogen and oxygen atoms in total. The van der Waals surface area contributed by atoms with E-state index in [1.807, 2.05) is 6.92 Å². The predicted molar refractivity (Wildman–Crippen MR) is 66.0 cm³/mol. The van der Waals surface area contributed by atoms with Crippen LogP contribution in [0.1, 0.15) is 38.4 Å². The molecule has 1 saturated heterocycles. The van der Waals surface area contributed by atoms with Crippen LogP contribution < -0.4 is 5.32 Å². The minimum Gasteiger partial charge on any atom is -0.302 e. The van der Waals surface area contributed by atoms with E-state index in [4.69, 9.17) is 0 Å². The first-order valence-corrected chi connectivity index (χ1v) is 6.67. The Morgan fingerprint density at radius 2 is 2.11 bits per heavy atom. The van der Waals surface area contributed by atoms with Crippen LogP contribution in [0.5, 0.6) is 0 Å². The highest BCUT2D eigenvalue weighted by Crippen LogP contribution is 2.39. The molecule has 1 spiro atoms. The van der Waals surface area contributed by atoms with Crippen molar-refractivity contribution in [2.45, 2.75) is 51.2 Å². The van der Waals surface area contributed by atoms with Gasteiger partial charge in [-0.3, -0.25) is 10.1 Å². The molecule has 19 heavy (non-hydrogen) atoms. The lowest BCUT2D eigenvalue weighted by Crippen LogP contribution is -2.47. The Morgan fingerprint density at radius 3 is 2.79 bits per heavy atom. The number of hydrogen-bond donors (Lipinski definition) is 1. The minimum atomic E-state index is -0.651. The summed E-state index contributed by atoms with van der Waals surface area (Å²) < 4.78 is 1.75. The Labute approximate surface area is 111 Å². The molecule has 3 rings (SSSR count). The van der Waals surface area contributed by atoms with E-state index >= 15 is 0 Å². The van der Waals surface area contributed by atoms with E-state index in [1.54, 1.807) is 9.58 Å². The van der Waals surface area contributed by atoms with Gasteiger partial charge in [-0.2, -0.15) is 5.10 Å². The molecule has 2 fully saturated rings. The summed E-state index contributed by atoms with van der Waals surface area (Å²) >= 11 is 0. The van der Waals surface area contributed by atoms with Gasteiger partial charge in [-0.05, 0) is 19.8 Å². The van der Waals surface area contributed by atoms with Gasteiger partial charge < -0.3 is 4.90 Å². The van der Waals surface area contributed by atoms with E-state index in [0.29, 0.717) is 13.1 Å². The lowest BCUT2D eigenvalue weighted by Gasteiger charge is -2.30. The minimum absolute atomic E-state index is 0.155. The summed E-state index contributed by atoms with van der Waals surface area (Å²) in [5.74, 6) is 0.566. The van der Waals surface area contributed by atoms with Gasteiger partial charge in [-0.15, -0.1) is 0 Å². The van der Waals surface area contributed by atoms with E-state index in [1.165, 1.54) is 6.33 Å². The molecule has 1 aromatic rings. The average Bonchev–Trinajstić information content (AvgIpc) is 3.08. The number of urea groups is 1. The number of carbonyl (C=O) groups is 2. The van der Waals surface area contributed by atoms with Gasteiger partial charge >= 0.3 is 6.03 Å². The molecule has 2 aliphatic rings. The smallest absolute Gasteiger partial charge is 0.302 e.